The van der Waals surface area contributed by atoms with E-state index in [0.717, 1.165) is 0 Å². The summed E-state index contributed by atoms with van der Waals surface area (Å²) in [4.78, 5) is 10.7. The van der Waals surface area contributed by atoms with Gasteiger partial charge >= 0.3 is 5.97 Å². The maximum atomic E-state index is 10.7. The summed E-state index contributed by atoms with van der Waals surface area (Å²) in [7, 11) is 0. The largest absolute Gasteiger partial charge is 0.481 e. The van der Waals surface area contributed by atoms with Crippen molar-refractivity contribution in [1.82, 2.24) is 0 Å². The van der Waals surface area contributed by atoms with Crippen molar-refractivity contribution in [3.8, 4) is 0 Å². The molecule has 0 aliphatic carbocycles. The summed E-state index contributed by atoms with van der Waals surface area (Å²) in [5, 5.41) is 18.1. The molecule has 2 atom stereocenters. The van der Waals surface area contributed by atoms with Crippen LogP contribution in [-0.4, -0.2) is 33.3 Å². The van der Waals surface area contributed by atoms with Gasteiger partial charge in [0.2, 0.25) is 0 Å². The average molecular weight is 206 g/mol. The van der Waals surface area contributed by atoms with Crippen LogP contribution in [0.1, 0.15) is 27.7 Å². The van der Waals surface area contributed by atoms with Crippen LogP contribution in [0.25, 0.3) is 0 Å². The van der Waals surface area contributed by atoms with E-state index < -0.39 is 17.5 Å². The molecule has 2 unspecified atom stereocenters. The highest BCUT2D eigenvalue weighted by molar-refractivity contribution is 8.00. The van der Waals surface area contributed by atoms with Crippen molar-refractivity contribution in [1.29, 1.82) is 0 Å². The van der Waals surface area contributed by atoms with Crippen molar-refractivity contribution in [3.05, 3.63) is 0 Å². The van der Waals surface area contributed by atoms with Gasteiger partial charge in [0.15, 0.2) is 0 Å². The maximum Gasteiger partial charge on any atom is 0.309 e. The molecule has 0 rings (SSSR count). The molecule has 4 heteroatoms. The molecule has 13 heavy (non-hydrogen) atoms. The number of thioether (sulfide) groups is 1. The number of hydrogen-bond acceptors (Lipinski definition) is 3. The summed E-state index contributed by atoms with van der Waals surface area (Å²) >= 11 is 1.49. The van der Waals surface area contributed by atoms with E-state index in [0.29, 0.717) is 5.75 Å². The van der Waals surface area contributed by atoms with Gasteiger partial charge in [-0.15, -0.1) is 0 Å². The monoisotopic (exact) mass is 206 g/mol. The van der Waals surface area contributed by atoms with Gasteiger partial charge in [0.25, 0.3) is 0 Å². The second-order valence-corrected chi connectivity index (χ2v) is 5.31. The highest BCUT2D eigenvalue weighted by Crippen LogP contribution is 2.25. The summed E-state index contributed by atoms with van der Waals surface area (Å²) in [6.07, 6.45) is -0.394. The van der Waals surface area contributed by atoms with E-state index in [2.05, 4.69) is 0 Å². The van der Waals surface area contributed by atoms with E-state index in [-0.39, 0.29) is 5.25 Å². The SMILES string of the molecule is CC(O)C(C)SCC(C)(C)C(=O)O. The molecule has 0 aromatic heterocycles. The van der Waals surface area contributed by atoms with Gasteiger partial charge in [-0.2, -0.15) is 11.8 Å². The Morgan fingerprint density at radius 3 is 2.23 bits per heavy atom. The van der Waals surface area contributed by atoms with Crippen molar-refractivity contribution in [2.45, 2.75) is 39.0 Å². The Labute approximate surface area is 83.5 Å². The Morgan fingerprint density at radius 1 is 1.46 bits per heavy atom. The molecular weight excluding hydrogens is 188 g/mol. The number of aliphatic hydroxyl groups excluding tert-OH is 1. The molecule has 0 fully saturated rings. The van der Waals surface area contributed by atoms with Crippen molar-refractivity contribution >= 4 is 17.7 Å². The van der Waals surface area contributed by atoms with Crippen LogP contribution in [0.5, 0.6) is 0 Å². The summed E-state index contributed by atoms with van der Waals surface area (Å²) in [5.74, 6) is -0.271. The molecule has 3 nitrogen and oxygen atoms in total. The van der Waals surface area contributed by atoms with Gasteiger partial charge in [-0.25, -0.2) is 0 Å². The number of carboxylic acids is 1. The third-order valence-corrected chi connectivity index (χ3v) is 3.77. The first-order valence-corrected chi connectivity index (χ1v) is 5.35. The van der Waals surface area contributed by atoms with Crippen LogP contribution in [0, 0.1) is 5.41 Å². The van der Waals surface area contributed by atoms with Crippen LogP contribution < -0.4 is 0 Å². The number of aliphatic carboxylic acids is 1. The first kappa shape index (κ1) is 12.8. The fourth-order valence-corrected chi connectivity index (χ4v) is 1.62. The van der Waals surface area contributed by atoms with Gasteiger partial charge in [0.1, 0.15) is 0 Å². The van der Waals surface area contributed by atoms with Crippen molar-refractivity contribution in [2.75, 3.05) is 5.75 Å². The molecule has 0 bridgehead atoms. The van der Waals surface area contributed by atoms with E-state index >= 15 is 0 Å². The van der Waals surface area contributed by atoms with Crippen molar-refractivity contribution in [3.63, 3.8) is 0 Å². The van der Waals surface area contributed by atoms with Gasteiger partial charge in [0, 0.05) is 11.0 Å². The lowest BCUT2D eigenvalue weighted by atomic mass is 9.97. The molecule has 0 aromatic carbocycles. The van der Waals surface area contributed by atoms with E-state index in [4.69, 9.17) is 5.11 Å². The highest BCUT2D eigenvalue weighted by atomic mass is 32.2. The van der Waals surface area contributed by atoms with Gasteiger partial charge in [0.05, 0.1) is 11.5 Å². The lowest BCUT2D eigenvalue weighted by Crippen LogP contribution is -2.28. The second-order valence-electron chi connectivity index (χ2n) is 3.95. The molecular formula is C9H18O3S. The number of carbonyl (C=O) groups is 1. The first-order valence-electron chi connectivity index (χ1n) is 4.30. The van der Waals surface area contributed by atoms with E-state index in [1.165, 1.54) is 11.8 Å². The van der Waals surface area contributed by atoms with E-state index in [1.807, 2.05) is 6.92 Å². The van der Waals surface area contributed by atoms with Gasteiger partial charge in [-0.05, 0) is 20.8 Å². The number of aliphatic hydroxyl groups is 1. The summed E-state index contributed by atoms with van der Waals surface area (Å²) in [6.45, 7) is 6.99. The van der Waals surface area contributed by atoms with E-state index in [1.54, 1.807) is 20.8 Å². The molecule has 0 aliphatic heterocycles. The zero-order valence-corrected chi connectivity index (χ0v) is 9.39. The zero-order chi connectivity index (χ0) is 10.6. The number of rotatable bonds is 5. The van der Waals surface area contributed by atoms with Crippen LogP contribution in [0.3, 0.4) is 0 Å². The minimum absolute atomic E-state index is 0.0821. The Morgan fingerprint density at radius 2 is 1.92 bits per heavy atom. The Balaban J connectivity index is 3.95. The van der Waals surface area contributed by atoms with Gasteiger partial charge in [-0.1, -0.05) is 6.92 Å². The third-order valence-electron chi connectivity index (χ3n) is 1.97. The Bertz CT molecular complexity index is 178. The molecule has 0 heterocycles. The highest BCUT2D eigenvalue weighted by Gasteiger charge is 2.28. The van der Waals surface area contributed by atoms with Crippen LogP contribution in [0.4, 0.5) is 0 Å². The van der Waals surface area contributed by atoms with E-state index in [9.17, 15) is 9.90 Å². The molecule has 0 aromatic rings. The Hall–Kier alpha value is -0.220. The normalized spacial score (nSPS) is 16.7. The predicted molar refractivity (Wildman–Crippen MR) is 55.0 cm³/mol. The Kier molecular flexibility index (Phi) is 4.78. The minimum Gasteiger partial charge on any atom is -0.481 e. The topological polar surface area (TPSA) is 57.5 Å². The fraction of sp³-hybridized carbons (Fsp3) is 0.889. The summed E-state index contributed by atoms with van der Waals surface area (Å²) in [5.41, 5.74) is -0.714. The van der Waals surface area contributed by atoms with Crippen LogP contribution in [0.2, 0.25) is 0 Å². The standard InChI is InChI=1S/C9H18O3S/c1-6(10)7(2)13-5-9(3,4)8(11)12/h6-7,10H,5H2,1-4H3,(H,11,12). The smallest absolute Gasteiger partial charge is 0.309 e. The zero-order valence-electron chi connectivity index (χ0n) is 8.57. The van der Waals surface area contributed by atoms with Crippen LogP contribution >= 0.6 is 11.8 Å². The number of hydrogen-bond donors (Lipinski definition) is 2. The second kappa shape index (κ2) is 4.86. The summed E-state index contributed by atoms with van der Waals surface area (Å²) < 4.78 is 0. The average Bonchev–Trinajstić information content (AvgIpc) is 1.99. The van der Waals surface area contributed by atoms with Crippen molar-refractivity contribution < 1.29 is 15.0 Å². The first-order chi connectivity index (χ1) is 5.77. The van der Waals surface area contributed by atoms with Crippen LogP contribution in [-0.2, 0) is 4.79 Å². The van der Waals surface area contributed by atoms with Gasteiger partial charge < -0.3 is 10.2 Å². The third kappa shape index (κ3) is 4.52. The molecule has 78 valence electrons. The quantitative estimate of drug-likeness (QED) is 0.717. The lowest BCUT2D eigenvalue weighted by Gasteiger charge is -2.22. The molecule has 0 saturated carbocycles. The fourth-order valence-electron chi connectivity index (χ4n) is 0.541. The predicted octanol–water partition coefficient (Wildman–Crippen LogP) is 1.60. The maximum absolute atomic E-state index is 10.7. The molecule has 2 N–H and O–H groups in total. The van der Waals surface area contributed by atoms with Gasteiger partial charge in [-0.3, -0.25) is 4.79 Å². The van der Waals surface area contributed by atoms with Crippen molar-refractivity contribution in [2.24, 2.45) is 5.41 Å². The molecule has 0 saturated heterocycles. The molecule has 0 amide bonds. The summed E-state index contributed by atoms with van der Waals surface area (Å²) in [6, 6.07) is 0. The lowest BCUT2D eigenvalue weighted by molar-refractivity contribution is -0.145. The number of carboxylic acid groups (broad SMARTS) is 1. The van der Waals surface area contributed by atoms with Crippen LogP contribution in [0.15, 0.2) is 0 Å². The molecule has 0 spiro atoms. The molecule has 0 radical (unpaired) electrons. The minimum atomic E-state index is -0.794. The molecule has 0 aliphatic rings.